The SMILES string of the molecule is Oc1ccc(N=Nc2ccc3c(c2)NC(c2ccccn2)N3Cc2ccccn2)c(O)c1. The molecule has 2 aromatic carbocycles. The molecule has 2 aromatic heterocycles. The molecule has 4 aromatic rings. The van der Waals surface area contributed by atoms with Crippen molar-refractivity contribution in [2.75, 3.05) is 10.2 Å². The van der Waals surface area contributed by atoms with Crippen molar-refractivity contribution >= 4 is 22.7 Å². The Kier molecular flexibility index (Phi) is 5.09. The van der Waals surface area contributed by atoms with E-state index in [-0.39, 0.29) is 23.4 Å². The van der Waals surface area contributed by atoms with Crippen LogP contribution in [0.3, 0.4) is 0 Å². The summed E-state index contributed by atoms with van der Waals surface area (Å²) in [6.45, 7) is 0.615. The molecule has 3 heterocycles. The summed E-state index contributed by atoms with van der Waals surface area (Å²) in [5.41, 5.74) is 4.68. The average molecular weight is 424 g/mol. The number of pyridine rings is 2. The van der Waals surface area contributed by atoms with Crippen molar-refractivity contribution in [3.05, 3.63) is 96.6 Å². The number of benzene rings is 2. The zero-order valence-electron chi connectivity index (χ0n) is 17.0. The monoisotopic (exact) mass is 424 g/mol. The van der Waals surface area contributed by atoms with E-state index in [1.807, 2.05) is 54.6 Å². The molecule has 0 bridgehead atoms. The number of anilines is 2. The van der Waals surface area contributed by atoms with Crippen molar-refractivity contribution in [3.8, 4) is 11.5 Å². The third-order valence-corrected chi connectivity index (χ3v) is 5.15. The molecule has 0 saturated heterocycles. The van der Waals surface area contributed by atoms with Crippen LogP contribution in [0.2, 0.25) is 0 Å². The maximum Gasteiger partial charge on any atom is 0.146 e. The Morgan fingerprint density at radius 1 is 0.875 bits per heavy atom. The molecule has 1 atom stereocenters. The Labute approximate surface area is 184 Å². The standard InChI is InChI=1S/C24H20N6O2/c31-18-8-9-19(23(32)14-18)29-28-16-7-10-22-21(13-16)27-24(20-6-2-4-12-26-20)30(22)15-17-5-1-3-11-25-17/h1-14,24,27,31-32H,15H2. The molecule has 8 nitrogen and oxygen atoms in total. The van der Waals surface area contributed by atoms with E-state index < -0.39 is 0 Å². The second-order valence-corrected chi connectivity index (χ2v) is 7.32. The summed E-state index contributed by atoms with van der Waals surface area (Å²) in [5, 5.41) is 31.2. The smallest absolute Gasteiger partial charge is 0.146 e. The lowest BCUT2D eigenvalue weighted by atomic mass is 10.2. The Balaban J connectivity index is 1.46. The van der Waals surface area contributed by atoms with Gasteiger partial charge in [0.25, 0.3) is 0 Å². The molecule has 5 rings (SSSR count). The first-order valence-corrected chi connectivity index (χ1v) is 10.1. The summed E-state index contributed by atoms with van der Waals surface area (Å²) in [6.07, 6.45) is 3.42. The average Bonchev–Trinajstić information content (AvgIpc) is 3.17. The predicted octanol–water partition coefficient (Wildman–Crippen LogP) is 5.43. The van der Waals surface area contributed by atoms with Crippen molar-refractivity contribution in [2.45, 2.75) is 12.7 Å². The molecule has 0 fully saturated rings. The summed E-state index contributed by atoms with van der Waals surface area (Å²) in [7, 11) is 0. The number of aromatic hydroxyl groups is 2. The van der Waals surface area contributed by atoms with Crippen LogP contribution in [0.25, 0.3) is 0 Å². The minimum absolute atomic E-state index is 0.0308. The number of azo groups is 1. The van der Waals surface area contributed by atoms with Crippen LogP contribution in [0.5, 0.6) is 11.5 Å². The van der Waals surface area contributed by atoms with E-state index in [2.05, 4.69) is 30.4 Å². The lowest BCUT2D eigenvalue weighted by Gasteiger charge is -2.26. The zero-order chi connectivity index (χ0) is 21.9. The quantitative estimate of drug-likeness (QED) is 0.369. The number of hydrogen-bond acceptors (Lipinski definition) is 8. The molecule has 1 unspecified atom stereocenters. The van der Waals surface area contributed by atoms with Crippen LogP contribution in [-0.4, -0.2) is 20.2 Å². The first-order chi connectivity index (χ1) is 15.7. The van der Waals surface area contributed by atoms with Crippen LogP contribution in [-0.2, 0) is 6.54 Å². The zero-order valence-corrected chi connectivity index (χ0v) is 17.0. The fraction of sp³-hybridized carbons (Fsp3) is 0.0833. The van der Waals surface area contributed by atoms with Crippen LogP contribution < -0.4 is 10.2 Å². The van der Waals surface area contributed by atoms with Gasteiger partial charge in [-0.15, -0.1) is 5.11 Å². The lowest BCUT2D eigenvalue weighted by molar-refractivity contribution is 0.451. The highest BCUT2D eigenvalue weighted by atomic mass is 16.3. The normalized spacial score (nSPS) is 15.0. The van der Waals surface area contributed by atoms with Crippen LogP contribution >= 0.6 is 0 Å². The maximum atomic E-state index is 9.91. The molecule has 0 radical (unpaired) electrons. The Hall–Kier alpha value is -4.46. The minimum Gasteiger partial charge on any atom is -0.508 e. The van der Waals surface area contributed by atoms with Gasteiger partial charge in [-0.2, -0.15) is 5.11 Å². The van der Waals surface area contributed by atoms with E-state index in [0.717, 1.165) is 22.8 Å². The number of phenolic OH excluding ortho intramolecular Hbond substituents is 2. The largest absolute Gasteiger partial charge is 0.508 e. The predicted molar refractivity (Wildman–Crippen MR) is 121 cm³/mol. The third-order valence-electron chi connectivity index (χ3n) is 5.15. The number of nitrogens with one attached hydrogen (secondary N) is 1. The Morgan fingerprint density at radius 3 is 2.47 bits per heavy atom. The highest BCUT2D eigenvalue weighted by Gasteiger charge is 2.31. The number of phenols is 2. The van der Waals surface area contributed by atoms with Crippen molar-refractivity contribution < 1.29 is 10.2 Å². The second-order valence-electron chi connectivity index (χ2n) is 7.32. The van der Waals surface area contributed by atoms with Gasteiger partial charge in [0.05, 0.1) is 35.0 Å². The van der Waals surface area contributed by atoms with Gasteiger partial charge in [-0.3, -0.25) is 9.97 Å². The van der Waals surface area contributed by atoms with Crippen LogP contribution in [0.4, 0.5) is 22.7 Å². The van der Waals surface area contributed by atoms with Gasteiger partial charge < -0.3 is 20.4 Å². The number of rotatable bonds is 5. The summed E-state index contributed by atoms with van der Waals surface area (Å²) in [4.78, 5) is 11.2. The van der Waals surface area contributed by atoms with Gasteiger partial charge in [-0.05, 0) is 54.6 Å². The summed E-state index contributed by atoms with van der Waals surface area (Å²) in [6, 6.07) is 21.7. The molecule has 158 valence electrons. The molecule has 3 N–H and O–H groups in total. The van der Waals surface area contributed by atoms with E-state index in [4.69, 9.17) is 0 Å². The number of aromatic nitrogens is 2. The molecule has 1 aliphatic rings. The van der Waals surface area contributed by atoms with E-state index in [1.54, 1.807) is 12.4 Å². The molecule has 32 heavy (non-hydrogen) atoms. The van der Waals surface area contributed by atoms with Crippen LogP contribution in [0.15, 0.2) is 95.4 Å². The van der Waals surface area contributed by atoms with Crippen LogP contribution in [0, 0.1) is 0 Å². The molecular weight excluding hydrogens is 404 g/mol. The van der Waals surface area contributed by atoms with Crippen LogP contribution in [0.1, 0.15) is 17.6 Å². The first kappa shape index (κ1) is 19.5. The fourth-order valence-electron chi connectivity index (χ4n) is 3.64. The highest BCUT2D eigenvalue weighted by molar-refractivity contribution is 5.79. The van der Waals surface area contributed by atoms with Gasteiger partial charge in [0.2, 0.25) is 0 Å². The van der Waals surface area contributed by atoms with Gasteiger partial charge in [-0.1, -0.05) is 12.1 Å². The molecule has 1 aliphatic heterocycles. The van der Waals surface area contributed by atoms with Gasteiger partial charge in [0.15, 0.2) is 0 Å². The topological polar surface area (TPSA) is 106 Å². The van der Waals surface area contributed by atoms with Gasteiger partial charge in [0.1, 0.15) is 23.4 Å². The van der Waals surface area contributed by atoms with E-state index >= 15 is 0 Å². The summed E-state index contributed by atoms with van der Waals surface area (Å²) < 4.78 is 0. The van der Waals surface area contributed by atoms with E-state index in [9.17, 15) is 10.2 Å². The van der Waals surface area contributed by atoms with Gasteiger partial charge in [-0.25, -0.2) is 0 Å². The van der Waals surface area contributed by atoms with Gasteiger partial charge in [0, 0.05) is 18.5 Å². The number of fused-ring (bicyclic) bond motifs is 1. The van der Waals surface area contributed by atoms with Crippen molar-refractivity contribution in [3.63, 3.8) is 0 Å². The number of nitrogens with zero attached hydrogens (tertiary/aromatic N) is 5. The van der Waals surface area contributed by atoms with Crippen molar-refractivity contribution in [2.24, 2.45) is 10.2 Å². The third kappa shape index (κ3) is 3.93. The van der Waals surface area contributed by atoms with Crippen molar-refractivity contribution in [1.29, 1.82) is 0 Å². The molecule has 8 heteroatoms. The van der Waals surface area contributed by atoms with Gasteiger partial charge >= 0.3 is 0 Å². The van der Waals surface area contributed by atoms with E-state index in [1.165, 1.54) is 18.2 Å². The Morgan fingerprint density at radius 2 is 1.72 bits per heavy atom. The van der Waals surface area contributed by atoms with E-state index in [0.29, 0.717) is 12.2 Å². The lowest BCUT2D eigenvalue weighted by Crippen LogP contribution is -2.28. The highest BCUT2D eigenvalue weighted by Crippen LogP contribution is 2.43. The molecular formula is C24H20N6O2. The summed E-state index contributed by atoms with van der Waals surface area (Å²) in [5.74, 6) is -0.165. The molecule has 0 saturated carbocycles. The number of hydrogen-bond donors (Lipinski definition) is 3. The fourth-order valence-corrected chi connectivity index (χ4v) is 3.64. The molecule has 0 spiro atoms. The summed E-state index contributed by atoms with van der Waals surface area (Å²) >= 11 is 0. The minimum atomic E-state index is -0.151. The maximum absolute atomic E-state index is 9.91. The van der Waals surface area contributed by atoms with Crippen molar-refractivity contribution in [1.82, 2.24) is 9.97 Å². The molecule has 0 aliphatic carbocycles. The first-order valence-electron chi connectivity index (χ1n) is 10.1. The molecule has 0 amide bonds. The second kappa shape index (κ2) is 8.35. The Bertz CT molecular complexity index is 1260.